The van der Waals surface area contributed by atoms with Crippen molar-refractivity contribution in [3.8, 4) is 0 Å². The maximum Gasteiger partial charge on any atom is 0.411 e. The zero-order valence-corrected chi connectivity index (χ0v) is 15.2. The van der Waals surface area contributed by atoms with Crippen molar-refractivity contribution in [1.29, 1.82) is 0 Å². The lowest BCUT2D eigenvalue weighted by Crippen LogP contribution is -2.15. The van der Waals surface area contributed by atoms with E-state index in [1.165, 1.54) is 6.08 Å². The number of amides is 1. The van der Waals surface area contributed by atoms with Gasteiger partial charge >= 0.3 is 12.1 Å². The van der Waals surface area contributed by atoms with Crippen LogP contribution in [-0.4, -0.2) is 31.4 Å². The maximum absolute atomic E-state index is 11.7. The molecule has 7 nitrogen and oxygen atoms in total. The molecule has 0 saturated carbocycles. The standard InChI is InChI=1S/C21H20N2O5/c1-2-20(25)27-12-3-13-28-21(26)23-19-10-6-17(7-11-19)14-16-4-8-18(9-5-16)22-15-24/h2,4-11H,1,3,12-14H2,(H,23,26). The molecular weight excluding hydrogens is 360 g/mol. The monoisotopic (exact) mass is 380 g/mol. The van der Waals surface area contributed by atoms with Gasteiger partial charge in [-0.15, -0.1) is 0 Å². The van der Waals surface area contributed by atoms with Gasteiger partial charge in [-0.3, -0.25) is 5.32 Å². The highest BCUT2D eigenvalue weighted by molar-refractivity contribution is 5.84. The second-order valence-electron chi connectivity index (χ2n) is 5.73. The Morgan fingerprint density at radius 2 is 1.61 bits per heavy atom. The molecule has 0 fully saturated rings. The number of aliphatic imine (C=N–C) groups is 1. The predicted molar refractivity (Wildman–Crippen MR) is 104 cm³/mol. The molecule has 1 amide bonds. The van der Waals surface area contributed by atoms with Crippen molar-refractivity contribution in [2.75, 3.05) is 18.5 Å². The number of benzene rings is 2. The van der Waals surface area contributed by atoms with Crippen LogP contribution >= 0.6 is 0 Å². The first kappa shape index (κ1) is 20.6. The van der Waals surface area contributed by atoms with Gasteiger partial charge in [-0.2, -0.15) is 4.99 Å². The van der Waals surface area contributed by atoms with Gasteiger partial charge in [0, 0.05) is 18.2 Å². The first-order valence-corrected chi connectivity index (χ1v) is 8.59. The Hall–Kier alpha value is -3.70. The molecular formula is C21H20N2O5. The molecule has 2 aromatic carbocycles. The number of isocyanates is 1. The van der Waals surface area contributed by atoms with Crippen LogP contribution in [-0.2, 0) is 25.5 Å². The van der Waals surface area contributed by atoms with E-state index >= 15 is 0 Å². The molecule has 2 aromatic rings. The van der Waals surface area contributed by atoms with E-state index in [9.17, 15) is 14.4 Å². The van der Waals surface area contributed by atoms with E-state index in [4.69, 9.17) is 9.47 Å². The summed E-state index contributed by atoms with van der Waals surface area (Å²) in [5.41, 5.74) is 3.31. The fraction of sp³-hybridized carbons (Fsp3) is 0.190. The van der Waals surface area contributed by atoms with Crippen LogP contribution in [0.3, 0.4) is 0 Å². The molecule has 0 unspecified atom stereocenters. The Kier molecular flexibility index (Phi) is 8.17. The summed E-state index contributed by atoms with van der Waals surface area (Å²) in [5.74, 6) is -0.505. The lowest BCUT2D eigenvalue weighted by Gasteiger charge is -2.08. The van der Waals surface area contributed by atoms with Gasteiger partial charge in [-0.25, -0.2) is 14.4 Å². The molecule has 0 aliphatic rings. The molecule has 144 valence electrons. The lowest BCUT2D eigenvalue weighted by atomic mass is 10.0. The number of carbonyl (C=O) groups is 2. The van der Waals surface area contributed by atoms with Gasteiger partial charge in [0.25, 0.3) is 0 Å². The number of nitrogens with zero attached hydrogens (tertiary/aromatic N) is 1. The smallest absolute Gasteiger partial charge is 0.411 e. The Balaban J connectivity index is 1.75. The highest BCUT2D eigenvalue weighted by Crippen LogP contribution is 2.17. The zero-order chi connectivity index (χ0) is 20.2. The molecule has 0 atom stereocenters. The van der Waals surface area contributed by atoms with Crippen LogP contribution in [0.15, 0.2) is 66.2 Å². The number of esters is 1. The molecule has 0 spiro atoms. The Morgan fingerprint density at radius 1 is 1.00 bits per heavy atom. The summed E-state index contributed by atoms with van der Waals surface area (Å²) in [4.78, 5) is 36.4. The van der Waals surface area contributed by atoms with Crippen LogP contribution in [0, 0.1) is 0 Å². The number of anilines is 1. The van der Waals surface area contributed by atoms with Gasteiger partial charge in [-0.05, 0) is 41.8 Å². The van der Waals surface area contributed by atoms with Crippen LogP contribution in [0.25, 0.3) is 0 Å². The molecule has 0 aliphatic heterocycles. The van der Waals surface area contributed by atoms with Crippen molar-refractivity contribution in [2.24, 2.45) is 4.99 Å². The predicted octanol–water partition coefficient (Wildman–Crippen LogP) is 3.91. The Labute approximate surface area is 162 Å². The maximum atomic E-state index is 11.7. The van der Waals surface area contributed by atoms with Gasteiger partial charge < -0.3 is 9.47 Å². The van der Waals surface area contributed by atoms with Gasteiger partial charge in [-0.1, -0.05) is 30.8 Å². The largest absolute Gasteiger partial charge is 0.462 e. The molecule has 7 heteroatoms. The lowest BCUT2D eigenvalue weighted by molar-refractivity contribution is -0.137. The normalized spacial score (nSPS) is 9.71. The minimum atomic E-state index is -0.575. The van der Waals surface area contributed by atoms with Gasteiger partial charge in [0.1, 0.15) is 0 Å². The fourth-order valence-electron chi connectivity index (χ4n) is 2.29. The average molecular weight is 380 g/mol. The number of rotatable bonds is 9. The van der Waals surface area contributed by atoms with Crippen LogP contribution < -0.4 is 5.32 Å². The summed E-state index contributed by atoms with van der Waals surface area (Å²) in [5, 5.41) is 2.63. The minimum Gasteiger partial charge on any atom is -0.462 e. The van der Waals surface area contributed by atoms with E-state index < -0.39 is 12.1 Å². The van der Waals surface area contributed by atoms with Crippen molar-refractivity contribution < 1.29 is 23.9 Å². The van der Waals surface area contributed by atoms with Gasteiger partial charge in [0.2, 0.25) is 6.08 Å². The Morgan fingerprint density at radius 3 is 2.21 bits per heavy atom. The van der Waals surface area contributed by atoms with Gasteiger partial charge in [0.15, 0.2) is 0 Å². The van der Waals surface area contributed by atoms with E-state index in [0.29, 0.717) is 24.2 Å². The zero-order valence-electron chi connectivity index (χ0n) is 15.2. The van der Waals surface area contributed by atoms with Crippen molar-refractivity contribution in [3.05, 3.63) is 72.3 Å². The number of ether oxygens (including phenoxy) is 2. The van der Waals surface area contributed by atoms with Crippen LogP contribution in [0.2, 0.25) is 0 Å². The molecule has 0 radical (unpaired) electrons. The van der Waals surface area contributed by atoms with E-state index in [2.05, 4.69) is 16.9 Å². The summed E-state index contributed by atoms with van der Waals surface area (Å²) in [6.45, 7) is 3.59. The summed E-state index contributed by atoms with van der Waals surface area (Å²) in [7, 11) is 0. The SMILES string of the molecule is C=CC(=O)OCCCOC(=O)Nc1ccc(Cc2ccc(N=C=O)cc2)cc1. The van der Waals surface area contributed by atoms with Crippen molar-refractivity contribution in [2.45, 2.75) is 12.8 Å². The van der Waals surface area contributed by atoms with E-state index in [1.807, 2.05) is 24.3 Å². The van der Waals surface area contributed by atoms with Crippen LogP contribution in [0.5, 0.6) is 0 Å². The van der Waals surface area contributed by atoms with Gasteiger partial charge in [0.05, 0.1) is 18.9 Å². The second-order valence-corrected chi connectivity index (χ2v) is 5.73. The van der Waals surface area contributed by atoms with Crippen molar-refractivity contribution in [3.63, 3.8) is 0 Å². The molecule has 2 rings (SSSR count). The van der Waals surface area contributed by atoms with Crippen molar-refractivity contribution >= 4 is 29.5 Å². The quantitative estimate of drug-likeness (QED) is 0.234. The molecule has 1 N–H and O–H groups in total. The van der Waals surface area contributed by atoms with Crippen molar-refractivity contribution in [1.82, 2.24) is 0 Å². The molecule has 0 saturated heterocycles. The number of nitrogens with one attached hydrogen (secondary N) is 1. The number of hydrogen-bond donors (Lipinski definition) is 1. The van der Waals surface area contributed by atoms with E-state index in [1.54, 1.807) is 24.3 Å². The first-order valence-electron chi connectivity index (χ1n) is 8.59. The van der Waals surface area contributed by atoms with E-state index in [0.717, 1.165) is 17.2 Å². The highest BCUT2D eigenvalue weighted by atomic mass is 16.6. The highest BCUT2D eigenvalue weighted by Gasteiger charge is 2.04. The second kappa shape index (κ2) is 11.1. The molecule has 0 bridgehead atoms. The van der Waals surface area contributed by atoms with Crippen LogP contribution in [0.1, 0.15) is 17.5 Å². The van der Waals surface area contributed by atoms with Crippen LogP contribution in [0.4, 0.5) is 16.2 Å². The Bertz CT molecular complexity index is 853. The number of hydrogen-bond acceptors (Lipinski definition) is 6. The summed E-state index contributed by atoms with van der Waals surface area (Å²) in [6.07, 6.45) is 3.12. The summed E-state index contributed by atoms with van der Waals surface area (Å²) < 4.78 is 9.80. The third-order valence-corrected chi connectivity index (χ3v) is 3.65. The minimum absolute atomic E-state index is 0.137. The molecule has 0 aliphatic carbocycles. The molecule has 28 heavy (non-hydrogen) atoms. The molecule has 0 aromatic heterocycles. The topological polar surface area (TPSA) is 94.1 Å². The first-order chi connectivity index (χ1) is 13.6. The number of carbonyl (C=O) groups excluding carboxylic acids is 3. The average Bonchev–Trinajstić information content (AvgIpc) is 2.70. The third kappa shape index (κ3) is 7.27. The summed E-state index contributed by atoms with van der Waals surface area (Å²) in [6, 6.07) is 14.7. The third-order valence-electron chi connectivity index (χ3n) is 3.65. The summed E-state index contributed by atoms with van der Waals surface area (Å²) >= 11 is 0. The fourth-order valence-corrected chi connectivity index (χ4v) is 2.29. The molecule has 0 heterocycles. The van der Waals surface area contributed by atoms with E-state index in [-0.39, 0.29) is 13.2 Å².